The molecule has 1 fully saturated rings. The minimum atomic E-state index is -0.000742. The molecule has 2 heterocycles. The second-order valence-electron chi connectivity index (χ2n) is 5.25. The van der Waals surface area contributed by atoms with E-state index in [0.29, 0.717) is 22.7 Å². The Morgan fingerprint density at radius 2 is 2.20 bits per heavy atom. The van der Waals surface area contributed by atoms with Gasteiger partial charge in [0.05, 0.1) is 11.4 Å². The fourth-order valence-corrected chi connectivity index (χ4v) is 3.15. The van der Waals surface area contributed by atoms with Gasteiger partial charge in [-0.1, -0.05) is 11.8 Å². The van der Waals surface area contributed by atoms with Crippen LogP contribution in [0.2, 0.25) is 0 Å². The predicted octanol–water partition coefficient (Wildman–Crippen LogP) is 1.81. The topological polar surface area (TPSA) is 84.7 Å². The van der Waals surface area contributed by atoms with Crippen LogP contribution < -0.4 is 5.56 Å². The van der Waals surface area contributed by atoms with Crippen molar-refractivity contribution < 1.29 is 4.42 Å². The van der Waals surface area contributed by atoms with Crippen LogP contribution in [-0.2, 0) is 18.6 Å². The van der Waals surface area contributed by atoms with E-state index in [4.69, 9.17) is 4.42 Å². The molecule has 4 rings (SSSR count). The summed E-state index contributed by atoms with van der Waals surface area (Å²) in [6.07, 6.45) is 5.06. The Kier molecular flexibility index (Phi) is 2.87. The molecule has 2 aliphatic carbocycles. The first-order valence-corrected chi connectivity index (χ1v) is 7.85. The van der Waals surface area contributed by atoms with Gasteiger partial charge in [-0.2, -0.15) is 0 Å². The van der Waals surface area contributed by atoms with Gasteiger partial charge in [-0.15, -0.1) is 10.2 Å². The Morgan fingerprint density at radius 1 is 1.30 bits per heavy atom. The maximum Gasteiger partial charge on any atom is 0.254 e. The van der Waals surface area contributed by atoms with Crippen LogP contribution in [0.5, 0.6) is 0 Å². The van der Waals surface area contributed by atoms with Crippen molar-refractivity contribution in [1.82, 2.24) is 20.2 Å². The molecule has 6 nitrogen and oxygen atoms in total. The summed E-state index contributed by atoms with van der Waals surface area (Å²) in [5.41, 5.74) is 1.79. The van der Waals surface area contributed by atoms with E-state index in [0.717, 1.165) is 49.3 Å². The van der Waals surface area contributed by atoms with E-state index < -0.39 is 0 Å². The molecule has 0 spiro atoms. The van der Waals surface area contributed by atoms with Gasteiger partial charge in [0.25, 0.3) is 5.56 Å². The van der Waals surface area contributed by atoms with Crippen molar-refractivity contribution in [1.29, 1.82) is 0 Å². The molecule has 0 radical (unpaired) electrons. The first kappa shape index (κ1) is 12.1. The van der Waals surface area contributed by atoms with Crippen LogP contribution in [0.3, 0.4) is 0 Å². The third kappa shape index (κ3) is 2.26. The fraction of sp³-hybridized carbons (Fsp3) is 0.538. The molecule has 104 valence electrons. The zero-order valence-corrected chi connectivity index (χ0v) is 11.7. The zero-order chi connectivity index (χ0) is 13.5. The van der Waals surface area contributed by atoms with Gasteiger partial charge in [-0.3, -0.25) is 4.79 Å². The number of thioether (sulfide) groups is 1. The van der Waals surface area contributed by atoms with Crippen molar-refractivity contribution in [2.75, 3.05) is 0 Å². The largest absolute Gasteiger partial charge is 0.424 e. The maximum atomic E-state index is 11.9. The lowest BCUT2D eigenvalue weighted by Gasteiger charge is -2.01. The summed E-state index contributed by atoms with van der Waals surface area (Å²) in [6, 6.07) is 0. The first-order chi connectivity index (χ1) is 9.79. The average molecular weight is 290 g/mol. The number of hydrogen-bond acceptors (Lipinski definition) is 6. The Balaban J connectivity index is 1.48. The Labute approximate surface area is 119 Å². The van der Waals surface area contributed by atoms with Gasteiger partial charge in [-0.25, -0.2) is 4.98 Å². The summed E-state index contributed by atoms with van der Waals surface area (Å²) in [5.74, 6) is 2.36. The number of aryl methyl sites for hydroxylation is 1. The smallest absolute Gasteiger partial charge is 0.254 e. The van der Waals surface area contributed by atoms with E-state index >= 15 is 0 Å². The van der Waals surface area contributed by atoms with E-state index in [1.54, 1.807) is 0 Å². The molecule has 0 amide bonds. The highest BCUT2D eigenvalue weighted by Gasteiger charge is 2.29. The van der Waals surface area contributed by atoms with E-state index in [9.17, 15) is 4.79 Å². The lowest BCUT2D eigenvalue weighted by molar-refractivity contribution is 0.466. The normalized spacial score (nSPS) is 17.4. The number of aromatic amines is 1. The lowest BCUT2D eigenvalue weighted by Crippen LogP contribution is -2.14. The fourth-order valence-electron chi connectivity index (χ4n) is 2.44. The monoisotopic (exact) mass is 290 g/mol. The highest BCUT2D eigenvalue weighted by Crippen LogP contribution is 2.39. The van der Waals surface area contributed by atoms with Crippen molar-refractivity contribution in [3.63, 3.8) is 0 Å². The molecule has 7 heteroatoms. The van der Waals surface area contributed by atoms with Gasteiger partial charge in [0, 0.05) is 11.5 Å². The SMILES string of the molecule is O=c1[nH]c(SCc2nnc(C3CC3)o2)nc2c1CCC2. The van der Waals surface area contributed by atoms with Crippen molar-refractivity contribution in [3.05, 3.63) is 33.4 Å². The third-order valence-electron chi connectivity index (χ3n) is 3.66. The third-order valence-corrected chi connectivity index (χ3v) is 4.52. The number of H-pyrrole nitrogens is 1. The van der Waals surface area contributed by atoms with Gasteiger partial charge >= 0.3 is 0 Å². The minimum Gasteiger partial charge on any atom is -0.424 e. The van der Waals surface area contributed by atoms with Crippen LogP contribution in [0.1, 0.15) is 48.2 Å². The van der Waals surface area contributed by atoms with E-state index in [1.807, 2.05) is 0 Å². The second-order valence-corrected chi connectivity index (χ2v) is 6.21. The summed E-state index contributed by atoms with van der Waals surface area (Å²) in [6.45, 7) is 0. The number of rotatable bonds is 4. The number of aromatic nitrogens is 4. The van der Waals surface area contributed by atoms with Crippen LogP contribution in [0.15, 0.2) is 14.4 Å². The van der Waals surface area contributed by atoms with Crippen molar-refractivity contribution in [2.45, 2.75) is 48.9 Å². The van der Waals surface area contributed by atoms with E-state index in [-0.39, 0.29) is 5.56 Å². The highest BCUT2D eigenvalue weighted by molar-refractivity contribution is 7.98. The Hall–Kier alpha value is -1.63. The average Bonchev–Trinajstić information content (AvgIpc) is 3.00. The van der Waals surface area contributed by atoms with Crippen molar-refractivity contribution in [2.24, 2.45) is 0 Å². The van der Waals surface area contributed by atoms with Crippen LogP contribution in [0.25, 0.3) is 0 Å². The zero-order valence-electron chi connectivity index (χ0n) is 10.9. The molecular weight excluding hydrogens is 276 g/mol. The molecule has 1 saturated carbocycles. The van der Waals surface area contributed by atoms with Gasteiger partial charge in [0.1, 0.15) is 0 Å². The van der Waals surface area contributed by atoms with Crippen molar-refractivity contribution >= 4 is 11.8 Å². The molecule has 0 bridgehead atoms. The molecule has 0 atom stereocenters. The number of nitrogens with one attached hydrogen (secondary N) is 1. The molecule has 0 aliphatic heterocycles. The molecule has 2 aliphatic rings. The standard InChI is InChI=1S/C13H14N4O2S/c18-11-8-2-1-3-9(8)14-13(15-11)20-6-10-16-17-12(19-10)7-4-5-7/h7H,1-6H2,(H,14,15,18). The molecule has 0 unspecified atom stereocenters. The Bertz CT molecular complexity index is 705. The summed E-state index contributed by atoms with van der Waals surface area (Å²) in [5, 5.41) is 8.71. The Morgan fingerprint density at radius 3 is 3.05 bits per heavy atom. The predicted molar refractivity (Wildman–Crippen MR) is 72.7 cm³/mol. The van der Waals surface area contributed by atoms with Crippen LogP contribution in [0.4, 0.5) is 0 Å². The quantitative estimate of drug-likeness (QED) is 0.683. The number of nitrogens with zero attached hydrogens (tertiary/aromatic N) is 3. The summed E-state index contributed by atoms with van der Waals surface area (Å²) < 4.78 is 5.59. The summed E-state index contributed by atoms with van der Waals surface area (Å²) in [4.78, 5) is 19.2. The van der Waals surface area contributed by atoms with Gasteiger partial charge in [0.15, 0.2) is 5.16 Å². The second kappa shape index (κ2) is 4.73. The van der Waals surface area contributed by atoms with Crippen LogP contribution >= 0.6 is 11.8 Å². The summed E-state index contributed by atoms with van der Waals surface area (Å²) >= 11 is 1.44. The molecule has 0 saturated heterocycles. The van der Waals surface area contributed by atoms with E-state index in [1.165, 1.54) is 11.8 Å². The highest BCUT2D eigenvalue weighted by atomic mass is 32.2. The van der Waals surface area contributed by atoms with E-state index in [2.05, 4.69) is 20.2 Å². The molecule has 2 aromatic heterocycles. The van der Waals surface area contributed by atoms with Gasteiger partial charge in [0.2, 0.25) is 11.8 Å². The number of hydrogen-bond donors (Lipinski definition) is 1. The number of fused-ring (bicyclic) bond motifs is 1. The minimum absolute atomic E-state index is 0.000742. The molecule has 0 aromatic carbocycles. The molecule has 1 N–H and O–H groups in total. The van der Waals surface area contributed by atoms with Crippen LogP contribution in [0, 0.1) is 0 Å². The van der Waals surface area contributed by atoms with Crippen molar-refractivity contribution in [3.8, 4) is 0 Å². The molecule has 20 heavy (non-hydrogen) atoms. The van der Waals surface area contributed by atoms with Gasteiger partial charge < -0.3 is 9.40 Å². The first-order valence-electron chi connectivity index (χ1n) is 6.87. The maximum absolute atomic E-state index is 11.9. The van der Waals surface area contributed by atoms with Crippen LogP contribution in [-0.4, -0.2) is 20.2 Å². The molecule has 2 aromatic rings. The lowest BCUT2D eigenvalue weighted by atomic mass is 10.3. The van der Waals surface area contributed by atoms with Gasteiger partial charge in [-0.05, 0) is 32.1 Å². The summed E-state index contributed by atoms with van der Waals surface area (Å²) in [7, 11) is 0. The molecular formula is C13H14N4O2S.